The van der Waals surface area contributed by atoms with Crippen molar-refractivity contribution in [3.05, 3.63) is 126 Å². The molecule has 0 saturated carbocycles. The SMILES string of the molecule is [N-]=[N+]=N[C@@H](c1ccccc1)C(NC(=O)c1cc([N+](=O)[O-])cc([N+](=O)[O-])c1)c1ccccc1. The molecule has 11 heteroatoms. The molecule has 0 fully saturated rings. The Morgan fingerprint density at radius 1 is 0.875 bits per heavy atom. The number of azide groups is 1. The smallest absolute Gasteiger partial charge is 0.277 e. The summed E-state index contributed by atoms with van der Waals surface area (Å²) in [4.78, 5) is 36.6. The molecular formula is C21H16N6O5. The fraction of sp³-hybridized carbons (Fsp3) is 0.0952. The van der Waals surface area contributed by atoms with Crippen LogP contribution in [0.1, 0.15) is 33.6 Å². The predicted octanol–water partition coefficient (Wildman–Crippen LogP) is 5.03. The summed E-state index contributed by atoms with van der Waals surface area (Å²) < 4.78 is 0. The van der Waals surface area contributed by atoms with E-state index in [9.17, 15) is 25.0 Å². The van der Waals surface area contributed by atoms with Crippen molar-refractivity contribution < 1.29 is 14.6 Å². The molecule has 1 amide bonds. The second-order valence-corrected chi connectivity index (χ2v) is 6.67. The second kappa shape index (κ2) is 9.83. The van der Waals surface area contributed by atoms with Gasteiger partial charge in [0.1, 0.15) is 0 Å². The van der Waals surface area contributed by atoms with Crippen LogP contribution in [0.2, 0.25) is 0 Å². The first-order valence-corrected chi connectivity index (χ1v) is 9.29. The Balaban J connectivity index is 2.06. The van der Waals surface area contributed by atoms with Gasteiger partial charge in [-0.15, -0.1) is 0 Å². The Labute approximate surface area is 181 Å². The van der Waals surface area contributed by atoms with E-state index in [0.717, 1.165) is 18.2 Å². The number of benzene rings is 3. The molecule has 1 N–H and O–H groups in total. The topological polar surface area (TPSA) is 164 Å². The summed E-state index contributed by atoms with van der Waals surface area (Å²) in [7, 11) is 0. The standard InChI is InChI=1S/C21H16N6O5/c22-25-24-20(15-9-5-2-6-10-15)19(14-7-3-1-4-8-14)23-21(28)16-11-17(26(29)30)13-18(12-16)27(31)32/h1-13,19-20H,(H,23,28)/t19?,20-/m0/s1. The maximum Gasteiger partial charge on any atom is 0.277 e. The minimum atomic E-state index is -0.847. The molecule has 3 aromatic rings. The monoisotopic (exact) mass is 432 g/mol. The quantitative estimate of drug-likeness (QED) is 0.173. The molecule has 0 aliphatic carbocycles. The molecule has 0 aliphatic rings. The van der Waals surface area contributed by atoms with E-state index in [1.165, 1.54) is 0 Å². The molecule has 0 aromatic heterocycles. The maximum atomic E-state index is 13.0. The van der Waals surface area contributed by atoms with Crippen molar-refractivity contribution in [2.75, 3.05) is 0 Å². The fourth-order valence-corrected chi connectivity index (χ4v) is 3.20. The van der Waals surface area contributed by atoms with Crippen LogP contribution >= 0.6 is 0 Å². The normalized spacial score (nSPS) is 12.1. The molecule has 160 valence electrons. The van der Waals surface area contributed by atoms with Crippen molar-refractivity contribution in [3.8, 4) is 0 Å². The average Bonchev–Trinajstić information content (AvgIpc) is 2.82. The molecular weight excluding hydrogens is 416 g/mol. The van der Waals surface area contributed by atoms with E-state index in [1.807, 2.05) is 0 Å². The number of carbonyl (C=O) groups excluding carboxylic acids is 1. The number of amides is 1. The highest BCUT2D eigenvalue weighted by molar-refractivity contribution is 5.96. The van der Waals surface area contributed by atoms with Crippen molar-refractivity contribution in [1.29, 1.82) is 0 Å². The summed E-state index contributed by atoms with van der Waals surface area (Å²) in [5.41, 5.74) is 8.94. The van der Waals surface area contributed by atoms with Crippen molar-refractivity contribution in [2.45, 2.75) is 12.1 Å². The molecule has 0 heterocycles. The van der Waals surface area contributed by atoms with Crippen LogP contribution in [0, 0.1) is 20.2 Å². The van der Waals surface area contributed by atoms with Crippen LogP contribution < -0.4 is 5.32 Å². The molecule has 0 bridgehead atoms. The third-order valence-electron chi connectivity index (χ3n) is 4.66. The van der Waals surface area contributed by atoms with Gasteiger partial charge in [-0.1, -0.05) is 65.8 Å². The maximum absolute atomic E-state index is 13.0. The fourth-order valence-electron chi connectivity index (χ4n) is 3.20. The number of non-ortho nitro benzene ring substituents is 2. The van der Waals surface area contributed by atoms with Gasteiger partial charge < -0.3 is 5.32 Å². The van der Waals surface area contributed by atoms with Gasteiger partial charge in [-0.25, -0.2) is 0 Å². The van der Waals surface area contributed by atoms with E-state index in [2.05, 4.69) is 15.3 Å². The van der Waals surface area contributed by atoms with Gasteiger partial charge in [-0.05, 0) is 16.7 Å². The van der Waals surface area contributed by atoms with Crippen LogP contribution in [0.4, 0.5) is 11.4 Å². The highest BCUT2D eigenvalue weighted by atomic mass is 16.6. The largest absolute Gasteiger partial charge is 0.344 e. The van der Waals surface area contributed by atoms with Crippen LogP contribution in [-0.4, -0.2) is 15.8 Å². The van der Waals surface area contributed by atoms with Crippen LogP contribution in [0.15, 0.2) is 84.0 Å². The van der Waals surface area contributed by atoms with Crippen LogP contribution in [-0.2, 0) is 0 Å². The van der Waals surface area contributed by atoms with Gasteiger partial charge >= 0.3 is 0 Å². The minimum Gasteiger partial charge on any atom is -0.344 e. The highest BCUT2D eigenvalue weighted by Crippen LogP contribution is 2.33. The number of nitro benzene ring substituents is 2. The Morgan fingerprint density at radius 3 is 1.84 bits per heavy atom. The molecule has 32 heavy (non-hydrogen) atoms. The Bertz CT molecular complexity index is 1160. The van der Waals surface area contributed by atoms with Gasteiger partial charge in [-0.2, -0.15) is 0 Å². The van der Waals surface area contributed by atoms with E-state index in [-0.39, 0.29) is 5.56 Å². The lowest BCUT2D eigenvalue weighted by molar-refractivity contribution is -0.394. The third-order valence-corrected chi connectivity index (χ3v) is 4.66. The van der Waals surface area contributed by atoms with Crippen molar-refractivity contribution in [2.24, 2.45) is 5.11 Å². The van der Waals surface area contributed by atoms with Crippen molar-refractivity contribution in [3.63, 3.8) is 0 Å². The predicted molar refractivity (Wildman–Crippen MR) is 115 cm³/mol. The molecule has 2 atom stereocenters. The van der Waals surface area contributed by atoms with Gasteiger partial charge in [-0.3, -0.25) is 25.0 Å². The van der Waals surface area contributed by atoms with E-state index >= 15 is 0 Å². The number of hydrogen-bond donors (Lipinski definition) is 1. The van der Waals surface area contributed by atoms with E-state index < -0.39 is 39.2 Å². The Kier molecular flexibility index (Phi) is 6.74. The molecule has 0 aliphatic heterocycles. The summed E-state index contributed by atoms with van der Waals surface area (Å²) >= 11 is 0. The zero-order chi connectivity index (χ0) is 23.1. The van der Waals surface area contributed by atoms with Gasteiger partial charge in [0.25, 0.3) is 17.3 Å². The lowest BCUT2D eigenvalue weighted by Gasteiger charge is -2.25. The van der Waals surface area contributed by atoms with Crippen LogP contribution in [0.25, 0.3) is 10.4 Å². The van der Waals surface area contributed by atoms with Crippen molar-refractivity contribution >= 4 is 17.3 Å². The summed E-state index contributed by atoms with van der Waals surface area (Å²) in [6.07, 6.45) is 0. The Morgan fingerprint density at radius 2 is 1.38 bits per heavy atom. The number of carbonyl (C=O) groups is 1. The van der Waals surface area contributed by atoms with Crippen LogP contribution in [0.3, 0.4) is 0 Å². The molecule has 3 rings (SSSR count). The molecule has 0 radical (unpaired) electrons. The summed E-state index contributed by atoms with van der Waals surface area (Å²) in [6.45, 7) is 0. The van der Waals surface area contributed by atoms with E-state index in [1.54, 1.807) is 60.7 Å². The first-order valence-electron chi connectivity index (χ1n) is 9.29. The molecule has 11 nitrogen and oxygen atoms in total. The Hall–Kier alpha value is -4.76. The number of nitro groups is 2. The molecule has 0 saturated heterocycles. The number of nitrogens with one attached hydrogen (secondary N) is 1. The van der Waals surface area contributed by atoms with E-state index in [0.29, 0.717) is 11.1 Å². The van der Waals surface area contributed by atoms with Crippen LogP contribution in [0.5, 0.6) is 0 Å². The van der Waals surface area contributed by atoms with Gasteiger partial charge in [0.15, 0.2) is 0 Å². The van der Waals surface area contributed by atoms with E-state index in [4.69, 9.17) is 5.53 Å². The lowest BCUT2D eigenvalue weighted by Crippen LogP contribution is -2.32. The molecule has 1 unspecified atom stereocenters. The number of nitrogens with zero attached hydrogens (tertiary/aromatic N) is 5. The minimum absolute atomic E-state index is 0.264. The summed E-state index contributed by atoms with van der Waals surface area (Å²) in [5.74, 6) is -0.792. The second-order valence-electron chi connectivity index (χ2n) is 6.67. The third kappa shape index (κ3) is 5.04. The molecule has 3 aromatic carbocycles. The number of hydrogen-bond acceptors (Lipinski definition) is 6. The summed E-state index contributed by atoms with van der Waals surface area (Å²) in [6, 6.07) is 18.5. The molecule has 0 spiro atoms. The number of rotatable bonds is 8. The first-order chi connectivity index (χ1) is 15.4. The highest BCUT2D eigenvalue weighted by Gasteiger charge is 2.28. The first kappa shape index (κ1) is 21.9. The van der Waals surface area contributed by atoms with Gasteiger partial charge in [0, 0.05) is 17.0 Å². The zero-order valence-electron chi connectivity index (χ0n) is 16.4. The van der Waals surface area contributed by atoms with Crippen molar-refractivity contribution in [1.82, 2.24) is 5.32 Å². The average molecular weight is 432 g/mol. The summed E-state index contributed by atoms with van der Waals surface area (Å²) in [5, 5.41) is 28.9. The van der Waals surface area contributed by atoms with Gasteiger partial charge in [0.05, 0.1) is 33.6 Å². The zero-order valence-corrected chi connectivity index (χ0v) is 16.4. The van der Waals surface area contributed by atoms with Gasteiger partial charge in [0.2, 0.25) is 0 Å². The lowest BCUT2D eigenvalue weighted by atomic mass is 9.93.